The number of hydrogen-bond acceptors (Lipinski definition) is 6. The Hall–Kier alpha value is -1.49. The van der Waals surface area contributed by atoms with Crippen molar-refractivity contribution >= 4 is 43.8 Å². The normalized spacial score (nSPS) is 16.6. The Kier molecular flexibility index (Phi) is 6.14. The number of nitrogens with zero attached hydrogens (tertiary/aromatic N) is 1. The molecule has 1 unspecified atom stereocenters. The summed E-state index contributed by atoms with van der Waals surface area (Å²) >= 11 is 6.67. The minimum Gasteiger partial charge on any atom is -0.382 e. The van der Waals surface area contributed by atoms with E-state index in [0.717, 1.165) is 24.8 Å². The number of aromatic nitrogens is 1. The monoisotopic (exact) mass is 450 g/mol. The second kappa shape index (κ2) is 8.10. The lowest BCUT2D eigenvalue weighted by Gasteiger charge is -2.21. The summed E-state index contributed by atoms with van der Waals surface area (Å²) in [6.45, 7) is 2.75. The van der Waals surface area contributed by atoms with Gasteiger partial charge in [-0.15, -0.1) is 0 Å². The molecule has 0 amide bonds. The van der Waals surface area contributed by atoms with Crippen molar-refractivity contribution in [3.05, 3.63) is 34.3 Å². The minimum absolute atomic E-state index is 0.0691. The van der Waals surface area contributed by atoms with Gasteiger partial charge in [-0.05, 0) is 43.9 Å². The van der Waals surface area contributed by atoms with E-state index in [1.807, 2.05) is 11.8 Å². The van der Waals surface area contributed by atoms with Gasteiger partial charge in [0.2, 0.25) is 0 Å². The Balaban J connectivity index is 1.72. The first kappa shape index (κ1) is 21.2. The van der Waals surface area contributed by atoms with Crippen LogP contribution in [0.15, 0.2) is 23.2 Å². The number of benzene rings is 1. The van der Waals surface area contributed by atoms with Crippen molar-refractivity contribution in [2.45, 2.75) is 37.1 Å². The van der Waals surface area contributed by atoms with Gasteiger partial charge in [0.15, 0.2) is 10.3 Å². The van der Waals surface area contributed by atoms with E-state index >= 15 is 0 Å². The van der Waals surface area contributed by atoms with Gasteiger partial charge in [-0.2, -0.15) is 4.39 Å². The van der Waals surface area contributed by atoms with Crippen LogP contribution >= 0.6 is 22.9 Å². The van der Waals surface area contributed by atoms with Crippen LogP contribution in [0.25, 0.3) is 0 Å². The van der Waals surface area contributed by atoms with Crippen molar-refractivity contribution in [1.29, 1.82) is 0 Å². The smallest absolute Gasteiger partial charge is 0.266 e. The predicted octanol–water partition coefficient (Wildman–Crippen LogP) is 4.07. The Bertz CT molecular complexity index is 964. The molecule has 1 saturated carbocycles. The molecule has 6 nitrogen and oxygen atoms in total. The lowest BCUT2D eigenvalue weighted by molar-refractivity contribution is 0.417. The summed E-state index contributed by atoms with van der Waals surface area (Å²) in [6, 6.07) is 2.25. The third-order valence-corrected chi connectivity index (χ3v) is 7.30. The number of likely N-dealkylation sites (N-methyl/N-ethyl adjacent to an activating group) is 1. The fourth-order valence-electron chi connectivity index (χ4n) is 2.86. The van der Waals surface area contributed by atoms with E-state index in [0.29, 0.717) is 29.0 Å². The summed E-state index contributed by atoms with van der Waals surface area (Å²) in [7, 11) is -2.43. The second-order valence-electron chi connectivity index (χ2n) is 7.22. The van der Waals surface area contributed by atoms with Crippen LogP contribution in [-0.4, -0.2) is 33.0 Å². The molecule has 1 atom stereocenters. The van der Waals surface area contributed by atoms with Crippen molar-refractivity contribution in [3.8, 4) is 0 Å². The highest BCUT2D eigenvalue weighted by molar-refractivity contribution is 7.93. The van der Waals surface area contributed by atoms with Crippen molar-refractivity contribution < 1.29 is 17.2 Å². The molecular formula is C17H21ClF2N4O2S2. The number of rotatable bonds is 9. The largest absolute Gasteiger partial charge is 0.382 e. The summed E-state index contributed by atoms with van der Waals surface area (Å²) in [5, 5.41) is 5.52. The van der Waals surface area contributed by atoms with E-state index in [-0.39, 0.29) is 16.2 Å². The molecule has 0 saturated heterocycles. The quantitative estimate of drug-likeness (QED) is 0.536. The summed E-state index contributed by atoms with van der Waals surface area (Å²) in [4.78, 5) is 2.94. The molecule has 154 valence electrons. The average Bonchev–Trinajstić information content (AvgIpc) is 3.21. The Morgan fingerprint density at radius 2 is 2.07 bits per heavy atom. The van der Waals surface area contributed by atoms with Gasteiger partial charge in [-0.25, -0.2) is 17.8 Å². The van der Waals surface area contributed by atoms with Gasteiger partial charge in [-0.1, -0.05) is 29.9 Å². The predicted molar refractivity (Wildman–Crippen MR) is 108 cm³/mol. The molecule has 0 aliphatic heterocycles. The summed E-state index contributed by atoms with van der Waals surface area (Å²) in [5.41, 5.74) is 0.656. The first-order chi connectivity index (χ1) is 13.1. The van der Waals surface area contributed by atoms with Gasteiger partial charge in [-0.3, -0.25) is 4.72 Å². The first-order valence-electron chi connectivity index (χ1n) is 8.66. The summed E-state index contributed by atoms with van der Waals surface area (Å²) < 4.78 is 54.3. The zero-order chi connectivity index (χ0) is 20.5. The molecular weight excluding hydrogens is 430 g/mol. The average molecular weight is 451 g/mol. The fraction of sp³-hybridized carbons (Fsp3) is 0.471. The van der Waals surface area contributed by atoms with Crippen molar-refractivity contribution in [2.24, 2.45) is 5.41 Å². The fourth-order valence-corrected chi connectivity index (χ4v) is 5.03. The van der Waals surface area contributed by atoms with E-state index in [2.05, 4.69) is 22.5 Å². The zero-order valence-electron chi connectivity index (χ0n) is 15.4. The minimum atomic E-state index is -4.29. The van der Waals surface area contributed by atoms with E-state index in [1.165, 1.54) is 12.8 Å². The first-order valence-corrected chi connectivity index (χ1v) is 11.3. The Morgan fingerprint density at radius 1 is 1.36 bits per heavy atom. The van der Waals surface area contributed by atoms with Crippen LogP contribution in [0.3, 0.4) is 0 Å². The summed E-state index contributed by atoms with van der Waals surface area (Å²) in [5.74, 6) is -0.966. The van der Waals surface area contributed by atoms with E-state index < -0.39 is 25.9 Å². The van der Waals surface area contributed by atoms with Crippen LogP contribution in [0.4, 0.5) is 19.6 Å². The maximum atomic E-state index is 14.5. The number of anilines is 2. The number of thiazole rings is 1. The molecule has 1 heterocycles. The van der Waals surface area contributed by atoms with Crippen molar-refractivity contribution in [1.82, 2.24) is 10.3 Å². The third kappa shape index (κ3) is 5.11. The lowest BCUT2D eigenvalue weighted by Crippen LogP contribution is -2.34. The standard InChI is InChI=1S/C17H21ClF2N4O2S2/c1-17(3-4-17)7-10(21-2)8-22-13-6-12(19)14(5-11(13)18)28(25,26)24-16-23-9-15(20)27-16/h5-6,9-10,21-22H,3-4,7-8H2,1-2H3,(H,23,24). The number of hydrogen-bond donors (Lipinski definition) is 3. The van der Waals surface area contributed by atoms with Crippen LogP contribution < -0.4 is 15.4 Å². The highest BCUT2D eigenvalue weighted by Gasteiger charge is 2.38. The molecule has 0 spiro atoms. The van der Waals surface area contributed by atoms with Crippen LogP contribution in [-0.2, 0) is 10.0 Å². The molecule has 0 radical (unpaired) electrons. The summed E-state index contributed by atoms with van der Waals surface area (Å²) in [6.07, 6.45) is 4.25. The Morgan fingerprint density at radius 3 is 2.64 bits per heavy atom. The molecule has 0 bridgehead atoms. The molecule has 1 aliphatic carbocycles. The van der Waals surface area contributed by atoms with Crippen LogP contribution in [0.1, 0.15) is 26.2 Å². The van der Waals surface area contributed by atoms with Gasteiger partial charge < -0.3 is 10.6 Å². The zero-order valence-corrected chi connectivity index (χ0v) is 17.7. The van der Waals surface area contributed by atoms with E-state index in [4.69, 9.17) is 11.6 Å². The topological polar surface area (TPSA) is 83.1 Å². The second-order valence-corrected chi connectivity index (χ2v) is 10.3. The van der Waals surface area contributed by atoms with Gasteiger partial charge in [0.25, 0.3) is 10.0 Å². The molecule has 11 heteroatoms. The molecule has 1 fully saturated rings. The van der Waals surface area contributed by atoms with E-state index in [9.17, 15) is 17.2 Å². The van der Waals surface area contributed by atoms with Crippen LogP contribution in [0.5, 0.6) is 0 Å². The molecule has 1 aliphatic rings. The third-order valence-electron chi connectivity index (χ3n) is 4.80. The van der Waals surface area contributed by atoms with Gasteiger partial charge in [0, 0.05) is 12.6 Å². The highest BCUT2D eigenvalue weighted by atomic mass is 35.5. The molecule has 1 aromatic carbocycles. The Labute approximate surface area is 171 Å². The van der Waals surface area contributed by atoms with Crippen LogP contribution in [0, 0.1) is 16.4 Å². The van der Waals surface area contributed by atoms with Crippen LogP contribution in [0.2, 0.25) is 5.02 Å². The molecule has 2 aromatic rings. The van der Waals surface area contributed by atoms with E-state index in [1.54, 1.807) is 0 Å². The molecule has 1 aromatic heterocycles. The maximum absolute atomic E-state index is 14.5. The van der Waals surface area contributed by atoms with Gasteiger partial charge in [0.1, 0.15) is 10.7 Å². The highest BCUT2D eigenvalue weighted by Crippen LogP contribution is 2.48. The molecule has 28 heavy (non-hydrogen) atoms. The molecule has 3 rings (SSSR count). The van der Waals surface area contributed by atoms with Crippen molar-refractivity contribution in [2.75, 3.05) is 23.6 Å². The van der Waals surface area contributed by atoms with Gasteiger partial charge in [0.05, 0.1) is 16.9 Å². The van der Waals surface area contributed by atoms with Gasteiger partial charge >= 0.3 is 0 Å². The SMILES string of the molecule is CNC(CNc1cc(F)c(S(=O)(=O)Nc2ncc(F)s2)cc1Cl)CC1(C)CC1. The number of sulfonamides is 1. The maximum Gasteiger partial charge on any atom is 0.266 e. The van der Waals surface area contributed by atoms with Crippen molar-refractivity contribution in [3.63, 3.8) is 0 Å². The molecule has 3 N–H and O–H groups in total. The lowest BCUT2D eigenvalue weighted by atomic mass is 9.99. The number of nitrogens with one attached hydrogen (secondary N) is 3. The number of halogens is 3.